The van der Waals surface area contributed by atoms with Crippen LogP contribution < -0.4 is 14.8 Å². The zero-order chi connectivity index (χ0) is 18.4. The van der Waals surface area contributed by atoms with Gasteiger partial charge in [-0.25, -0.2) is 4.39 Å². The molecule has 2 atom stereocenters. The predicted octanol–water partition coefficient (Wildman–Crippen LogP) is 3.35. The van der Waals surface area contributed by atoms with Gasteiger partial charge in [0.05, 0.1) is 24.8 Å². The van der Waals surface area contributed by atoms with Crippen molar-refractivity contribution >= 4 is 5.91 Å². The lowest BCUT2D eigenvalue weighted by Crippen LogP contribution is -2.37. The fourth-order valence-corrected chi connectivity index (χ4v) is 2.24. The molecule has 0 bridgehead atoms. The van der Waals surface area contributed by atoms with Crippen molar-refractivity contribution in [3.63, 3.8) is 0 Å². The topological polar surface area (TPSA) is 71.3 Å². The molecule has 5 nitrogen and oxygen atoms in total. The number of carbonyl (C=O) groups excluding carboxylic acids is 1. The Morgan fingerprint density at radius 1 is 1.16 bits per heavy atom. The van der Waals surface area contributed by atoms with E-state index < -0.39 is 6.10 Å². The molecule has 6 heteroatoms. The lowest BCUT2D eigenvalue weighted by molar-refractivity contribution is -0.127. The maximum atomic E-state index is 13.0. The Hall–Kier alpha value is -3.07. The highest BCUT2D eigenvalue weighted by Crippen LogP contribution is 2.28. The summed E-state index contributed by atoms with van der Waals surface area (Å²) in [5, 5.41) is 11.7. The van der Waals surface area contributed by atoms with E-state index in [1.807, 2.05) is 6.07 Å². The Morgan fingerprint density at radius 3 is 2.44 bits per heavy atom. The molecule has 0 spiro atoms. The standard InChI is InChI=1S/C19H19FN2O3/c1-12(15-5-7-16(20)8-6-15)22-19(23)13(2)25-17-9-4-14(11-21)10-18(17)24-3/h4-10,12-13H,1-3H3,(H,22,23)/t12-,13-/m0/s1. The van der Waals surface area contributed by atoms with Gasteiger partial charge in [0.2, 0.25) is 0 Å². The molecule has 2 aromatic rings. The first-order valence-corrected chi connectivity index (χ1v) is 7.75. The van der Waals surface area contributed by atoms with E-state index in [-0.39, 0.29) is 17.8 Å². The van der Waals surface area contributed by atoms with Crippen molar-refractivity contribution in [1.82, 2.24) is 5.32 Å². The number of methoxy groups -OCH3 is 1. The molecule has 0 radical (unpaired) electrons. The first-order valence-electron chi connectivity index (χ1n) is 7.75. The molecule has 0 fully saturated rings. The van der Waals surface area contributed by atoms with Crippen LogP contribution in [0, 0.1) is 17.1 Å². The van der Waals surface area contributed by atoms with Gasteiger partial charge in [0.15, 0.2) is 17.6 Å². The number of nitrogens with one attached hydrogen (secondary N) is 1. The van der Waals surface area contributed by atoms with Crippen molar-refractivity contribution in [1.29, 1.82) is 5.26 Å². The molecule has 0 aromatic heterocycles. The molecular weight excluding hydrogens is 323 g/mol. The third-order valence-corrected chi connectivity index (χ3v) is 3.69. The number of amides is 1. The number of nitrogens with zero attached hydrogens (tertiary/aromatic N) is 1. The average Bonchev–Trinajstić information content (AvgIpc) is 2.62. The summed E-state index contributed by atoms with van der Waals surface area (Å²) >= 11 is 0. The number of rotatable bonds is 6. The number of carbonyl (C=O) groups is 1. The highest BCUT2D eigenvalue weighted by molar-refractivity contribution is 5.81. The van der Waals surface area contributed by atoms with Crippen LogP contribution in [0.4, 0.5) is 4.39 Å². The van der Waals surface area contributed by atoms with E-state index in [2.05, 4.69) is 5.32 Å². The van der Waals surface area contributed by atoms with Crippen LogP contribution in [0.3, 0.4) is 0 Å². The summed E-state index contributed by atoms with van der Waals surface area (Å²) in [6, 6.07) is 12.4. The SMILES string of the molecule is COc1cc(C#N)ccc1O[C@@H](C)C(=O)N[C@@H](C)c1ccc(F)cc1. The number of halogens is 1. The van der Waals surface area contributed by atoms with Gasteiger partial charge in [0.25, 0.3) is 5.91 Å². The molecule has 2 rings (SSSR count). The first kappa shape index (κ1) is 18.3. The zero-order valence-electron chi connectivity index (χ0n) is 14.2. The maximum Gasteiger partial charge on any atom is 0.261 e. The van der Waals surface area contributed by atoms with Gasteiger partial charge in [0.1, 0.15) is 5.82 Å². The van der Waals surface area contributed by atoms with Crippen molar-refractivity contribution in [3.05, 3.63) is 59.4 Å². The zero-order valence-corrected chi connectivity index (χ0v) is 14.2. The van der Waals surface area contributed by atoms with Crippen LogP contribution in [0.15, 0.2) is 42.5 Å². The Morgan fingerprint density at radius 2 is 1.84 bits per heavy atom. The second-order valence-electron chi connectivity index (χ2n) is 5.52. The highest BCUT2D eigenvalue weighted by atomic mass is 19.1. The van der Waals surface area contributed by atoms with Crippen LogP contribution in [-0.4, -0.2) is 19.1 Å². The lowest BCUT2D eigenvalue weighted by atomic mass is 10.1. The molecule has 0 aliphatic rings. The van der Waals surface area contributed by atoms with Crippen LogP contribution >= 0.6 is 0 Å². The molecule has 0 aliphatic heterocycles. The van der Waals surface area contributed by atoms with E-state index in [0.29, 0.717) is 17.1 Å². The van der Waals surface area contributed by atoms with E-state index in [1.165, 1.54) is 19.2 Å². The Bertz CT molecular complexity index is 784. The molecular formula is C19H19FN2O3. The summed E-state index contributed by atoms with van der Waals surface area (Å²) in [6.07, 6.45) is -0.773. The quantitative estimate of drug-likeness (QED) is 0.874. The van der Waals surface area contributed by atoms with Gasteiger partial charge in [-0.05, 0) is 43.7 Å². The second kappa shape index (κ2) is 8.15. The fraction of sp³-hybridized carbons (Fsp3) is 0.263. The smallest absolute Gasteiger partial charge is 0.261 e. The summed E-state index contributed by atoms with van der Waals surface area (Å²) in [5.41, 5.74) is 1.23. The number of benzene rings is 2. The average molecular weight is 342 g/mol. The van der Waals surface area contributed by atoms with Crippen molar-refractivity contribution in [2.24, 2.45) is 0 Å². The molecule has 0 unspecified atom stereocenters. The molecule has 0 saturated heterocycles. The van der Waals surface area contributed by atoms with Crippen molar-refractivity contribution in [3.8, 4) is 17.6 Å². The van der Waals surface area contributed by atoms with Crippen molar-refractivity contribution in [2.75, 3.05) is 7.11 Å². The molecule has 2 aromatic carbocycles. The van der Waals surface area contributed by atoms with Gasteiger partial charge in [-0.15, -0.1) is 0 Å². The molecule has 0 aliphatic carbocycles. The summed E-state index contributed by atoms with van der Waals surface area (Å²) < 4.78 is 23.8. The fourth-order valence-electron chi connectivity index (χ4n) is 2.24. The number of hydrogen-bond donors (Lipinski definition) is 1. The summed E-state index contributed by atoms with van der Waals surface area (Å²) in [4.78, 5) is 12.3. The van der Waals surface area contributed by atoms with Crippen molar-refractivity contribution in [2.45, 2.75) is 26.0 Å². The third kappa shape index (κ3) is 4.70. The summed E-state index contributed by atoms with van der Waals surface area (Å²) in [7, 11) is 1.46. The molecule has 1 N–H and O–H groups in total. The molecule has 25 heavy (non-hydrogen) atoms. The van der Waals surface area contributed by atoms with Gasteiger partial charge in [0, 0.05) is 6.07 Å². The Balaban J connectivity index is 2.03. The van der Waals surface area contributed by atoms with E-state index in [1.54, 1.807) is 44.2 Å². The monoisotopic (exact) mass is 342 g/mol. The van der Waals surface area contributed by atoms with Gasteiger partial charge in [-0.2, -0.15) is 5.26 Å². The van der Waals surface area contributed by atoms with Crippen LogP contribution in [0.5, 0.6) is 11.5 Å². The van der Waals surface area contributed by atoms with Crippen LogP contribution in [0.25, 0.3) is 0 Å². The van der Waals surface area contributed by atoms with Crippen molar-refractivity contribution < 1.29 is 18.7 Å². The number of nitriles is 1. The van der Waals surface area contributed by atoms with Crippen LogP contribution in [0.1, 0.15) is 31.0 Å². The van der Waals surface area contributed by atoms with Gasteiger partial charge < -0.3 is 14.8 Å². The normalized spacial score (nSPS) is 12.6. The molecule has 0 saturated carbocycles. The van der Waals surface area contributed by atoms with Gasteiger partial charge >= 0.3 is 0 Å². The van der Waals surface area contributed by atoms with Crippen LogP contribution in [-0.2, 0) is 4.79 Å². The maximum absolute atomic E-state index is 13.0. The molecule has 1 amide bonds. The minimum absolute atomic E-state index is 0.290. The molecule has 130 valence electrons. The third-order valence-electron chi connectivity index (χ3n) is 3.69. The van der Waals surface area contributed by atoms with E-state index in [9.17, 15) is 9.18 Å². The Labute approximate surface area is 146 Å². The van der Waals surface area contributed by atoms with E-state index >= 15 is 0 Å². The minimum atomic E-state index is -0.773. The molecule has 0 heterocycles. The highest BCUT2D eigenvalue weighted by Gasteiger charge is 2.19. The summed E-state index contributed by atoms with van der Waals surface area (Å²) in [6.45, 7) is 3.42. The Kier molecular flexibility index (Phi) is 5.96. The predicted molar refractivity (Wildman–Crippen MR) is 90.8 cm³/mol. The summed E-state index contributed by atoms with van der Waals surface area (Å²) in [5.74, 6) is 0.110. The second-order valence-corrected chi connectivity index (χ2v) is 5.52. The largest absolute Gasteiger partial charge is 0.493 e. The minimum Gasteiger partial charge on any atom is -0.493 e. The van der Waals surface area contributed by atoms with E-state index in [4.69, 9.17) is 14.7 Å². The number of ether oxygens (including phenoxy) is 2. The van der Waals surface area contributed by atoms with E-state index in [0.717, 1.165) is 5.56 Å². The van der Waals surface area contributed by atoms with Crippen LogP contribution in [0.2, 0.25) is 0 Å². The first-order chi connectivity index (χ1) is 11.9. The van der Waals surface area contributed by atoms with Gasteiger partial charge in [-0.3, -0.25) is 4.79 Å². The van der Waals surface area contributed by atoms with Gasteiger partial charge in [-0.1, -0.05) is 12.1 Å². The number of hydrogen-bond acceptors (Lipinski definition) is 4. The lowest BCUT2D eigenvalue weighted by Gasteiger charge is -2.20.